The van der Waals surface area contributed by atoms with Gasteiger partial charge >= 0.3 is 0 Å². The van der Waals surface area contributed by atoms with E-state index in [0.29, 0.717) is 6.17 Å². The van der Waals surface area contributed by atoms with Gasteiger partial charge in [0.25, 0.3) is 0 Å². The minimum atomic E-state index is 0.546. The summed E-state index contributed by atoms with van der Waals surface area (Å²) in [6, 6.07) is 0. The fraction of sp³-hybridized carbons (Fsp3) is 0.667. The van der Waals surface area contributed by atoms with Crippen molar-refractivity contribution in [1.82, 2.24) is 10.2 Å². The fourth-order valence-electron chi connectivity index (χ4n) is 3.20. The van der Waals surface area contributed by atoms with Crippen molar-refractivity contribution in [1.29, 1.82) is 0 Å². The molecule has 3 nitrogen and oxygen atoms in total. The van der Waals surface area contributed by atoms with Gasteiger partial charge in [0, 0.05) is 37.6 Å². The van der Waals surface area contributed by atoms with Gasteiger partial charge in [-0.2, -0.15) is 0 Å². The van der Waals surface area contributed by atoms with E-state index in [2.05, 4.69) is 21.3 Å². The number of rotatable bonds is 1. The van der Waals surface area contributed by atoms with Crippen LogP contribution in [0.1, 0.15) is 44.9 Å². The first kappa shape index (κ1) is 12.0. The predicted octanol–water partition coefficient (Wildman–Crippen LogP) is 2.81. The fourth-order valence-corrected chi connectivity index (χ4v) is 3.20. The Bertz CT molecular complexity index is 373. The highest BCUT2D eigenvalue weighted by atomic mass is 15.3. The van der Waals surface area contributed by atoms with E-state index < -0.39 is 0 Å². The summed E-state index contributed by atoms with van der Waals surface area (Å²) in [5.41, 5.74) is 2.85. The first-order valence-corrected chi connectivity index (χ1v) is 7.34. The molecule has 0 aromatic carbocycles. The highest BCUT2D eigenvalue weighted by molar-refractivity contribution is 5.64. The van der Waals surface area contributed by atoms with Crippen molar-refractivity contribution in [2.45, 2.75) is 51.1 Å². The van der Waals surface area contributed by atoms with Crippen LogP contribution in [0.3, 0.4) is 0 Å². The first-order valence-electron chi connectivity index (χ1n) is 7.34. The number of allylic oxidation sites excluding steroid dienone is 2. The van der Waals surface area contributed by atoms with Gasteiger partial charge in [-0.1, -0.05) is 12.8 Å². The van der Waals surface area contributed by atoms with Crippen LogP contribution in [0.4, 0.5) is 0 Å². The zero-order valence-electron chi connectivity index (χ0n) is 11.1. The molecule has 98 valence electrons. The van der Waals surface area contributed by atoms with E-state index in [1.807, 2.05) is 12.4 Å². The molecule has 0 radical (unpaired) electrons. The van der Waals surface area contributed by atoms with Gasteiger partial charge < -0.3 is 5.32 Å². The smallest absolute Gasteiger partial charge is 0.0796 e. The predicted molar refractivity (Wildman–Crippen MR) is 75.5 cm³/mol. The van der Waals surface area contributed by atoms with Crippen LogP contribution in [0.5, 0.6) is 0 Å². The maximum atomic E-state index is 4.25. The molecule has 3 heteroatoms. The van der Waals surface area contributed by atoms with Crippen LogP contribution >= 0.6 is 0 Å². The van der Waals surface area contributed by atoms with E-state index in [-0.39, 0.29) is 0 Å². The Morgan fingerprint density at radius 1 is 1.17 bits per heavy atom. The third kappa shape index (κ3) is 2.66. The van der Waals surface area contributed by atoms with Crippen LogP contribution in [-0.4, -0.2) is 30.4 Å². The molecule has 1 fully saturated rings. The Morgan fingerprint density at radius 2 is 2.00 bits per heavy atom. The average Bonchev–Trinajstić information content (AvgIpc) is 2.80. The van der Waals surface area contributed by atoms with Crippen molar-refractivity contribution in [3.8, 4) is 0 Å². The van der Waals surface area contributed by atoms with Gasteiger partial charge in [0.1, 0.15) is 0 Å². The van der Waals surface area contributed by atoms with Crippen LogP contribution in [0, 0.1) is 0 Å². The van der Waals surface area contributed by atoms with Gasteiger partial charge in [-0.25, -0.2) is 0 Å². The molecule has 1 N–H and O–H groups in total. The summed E-state index contributed by atoms with van der Waals surface area (Å²) in [5.74, 6) is 0. The maximum absolute atomic E-state index is 4.25. The topological polar surface area (TPSA) is 27.6 Å². The number of nitrogens with zero attached hydrogens (tertiary/aromatic N) is 2. The van der Waals surface area contributed by atoms with Gasteiger partial charge in [0.15, 0.2) is 0 Å². The molecule has 0 saturated carbocycles. The molecule has 3 aliphatic heterocycles. The molecule has 1 saturated heterocycles. The van der Waals surface area contributed by atoms with Crippen LogP contribution in [0.15, 0.2) is 28.5 Å². The molecule has 3 rings (SSSR count). The molecular weight excluding hydrogens is 222 g/mol. The molecular formula is C15H23N3. The Morgan fingerprint density at radius 3 is 2.83 bits per heavy atom. The summed E-state index contributed by atoms with van der Waals surface area (Å²) in [6.45, 7) is 2.53. The zero-order valence-corrected chi connectivity index (χ0v) is 11.1. The van der Waals surface area contributed by atoms with Gasteiger partial charge in [0.05, 0.1) is 6.17 Å². The van der Waals surface area contributed by atoms with Crippen molar-refractivity contribution in [3.63, 3.8) is 0 Å². The first-order chi connectivity index (χ1) is 8.93. The average molecular weight is 245 g/mol. The molecule has 0 aliphatic carbocycles. The lowest BCUT2D eigenvalue weighted by Gasteiger charge is -2.36. The van der Waals surface area contributed by atoms with Gasteiger partial charge in [-0.3, -0.25) is 9.89 Å². The van der Waals surface area contributed by atoms with Crippen molar-refractivity contribution in [2.75, 3.05) is 13.1 Å². The molecule has 3 aliphatic rings. The summed E-state index contributed by atoms with van der Waals surface area (Å²) in [7, 11) is 0. The van der Waals surface area contributed by atoms with Crippen LogP contribution in [0.2, 0.25) is 0 Å². The monoisotopic (exact) mass is 245 g/mol. The largest absolute Gasteiger partial charge is 0.370 e. The lowest BCUT2D eigenvalue weighted by atomic mass is 9.98. The Labute approximate surface area is 110 Å². The SMILES string of the molecule is C1=CC2=C(CC=N1)CCC(N1CCCCCC1)N2. The lowest BCUT2D eigenvalue weighted by Crippen LogP contribution is -2.47. The third-order valence-corrected chi connectivity index (χ3v) is 4.27. The Hall–Kier alpha value is -1.09. The third-order valence-electron chi connectivity index (χ3n) is 4.27. The van der Waals surface area contributed by atoms with E-state index in [0.717, 1.165) is 6.42 Å². The number of likely N-dealkylation sites (tertiary alicyclic amines) is 1. The number of aliphatic imine (C=N–C) groups is 1. The van der Waals surface area contributed by atoms with E-state index in [1.54, 1.807) is 0 Å². The zero-order chi connectivity index (χ0) is 12.2. The molecule has 1 unspecified atom stereocenters. The molecule has 0 aromatic heterocycles. The Kier molecular flexibility index (Phi) is 3.79. The van der Waals surface area contributed by atoms with E-state index >= 15 is 0 Å². The molecule has 0 aromatic rings. The van der Waals surface area contributed by atoms with E-state index in [4.69, 9.17) is 0 Å². The van der Waals surface area contributed by atoms with Crippen molar-refractivity contribution in [3.05, 3.63) is 23.5 Å². The second kappa shape index (κ2) is 5.70. The quantitative estimate of drug-likeness (QED) is 0.769. The maximum Gasteiger partial charge on any atom is 0.0796 e. The second-order valence-corrected chi connectivity index (χ2v) is 5.52. The molecule has 0 bridgehead atoms. The van der Waals surface area contributed by atoms with E-state index in [9.17, 15) is 0 Å². The summed E-state index contributed by atoms with van der Waals surface area (Å²) in [6.07, 6.45) is 15.7. The second-order valence-electron chi connectivity index (χ2n) is 5.52. The lowest BCUT2D eigenvalue weighted by molar-refractivity contribution is 0.166. The summed E-state index contributed by atoms with van der Waals surface area (Å²) < 4.78 is 0. The summed E-state index contributed by atoms with van der Waals surface area (Å²) in [4.78, 5) is 6.90. The van der Waals surface area contributed by atoms with Gasteiger partial charge in [-0.05, 0) is 37.3 Å². The summed E-state index contributed by atoms with van der Waals surface area (Å²) >= 11 is 0. The number of hydrogen-bond acceptors (Lipinski definition) is 3. The summed E-state index contributed by atoms with van der Waals surface area (Å²) in [5, 5.41) is 3.73. The number of hydrogen-bond donors (Lipinski definition) is 1. The minimum absolute atomic E-state index is 0.546. The van der Waals surface area contributed by atoms with Crippen LogP contribution in [-0.2, 0) is 0 Å². The van der Waals surface area contributed by atoms with Crippen molar-refractivity contribution < 1.29 is 0 Å². The molecule has 0 spiro atoms. The van der Waals surface area contributed by atoms with Gasteiger partial charge in [-0.15, -0.1) is 0 Å². The highest BCUT2D eigenvalue weighted by Crippen LogP contribution is 2.25. The van der Waals surface area contributed by atoms with Crippen LogP contribution < -0.4 is 5.32 Å². The van der Waals surface area contributed by atoms with E-state index in [1.165, 1.54) is 62.9 Å². The highest BCUT2D eigenvalue weighted by Gasteiger charge is 2.24. The Balaban J connectivity index is 1.68. The van der Waals surface area contributed by atoms with Gasteiger partial charge in [0.2, 0.25) is 0 Å². The standard InChI is InChI=1S/C15H23N3/c1-2-4-12-18(11-3-1)15-6-5-13-7-9-16-10-8-14(13)17-15/h8-10,15,17H,1-7,11-12H2. The van der Waals surface area contributed by atoms with Crippen LogP contribution in [0.25, 0.3) is 0 Å². The molecule has 18 heavy (non-hydrogen) atoms. The molecule has 3 heterocycles. The van der Waals surface area contributed by atoms with Crippen molar-refractivity contribution in [2.24, 2.45) is 4.99 Å². The van der Waals surface area contributed by atoms with Crippen molar-refractivity contribution >= 4 is 6.21 Å². The number of nitrogens with one attached hydrogen (secondary N) is 1. The molecule has 0 amide bonds. The minimum Gasteiger partial charge on any atom is -0.370 e. The normalized spacial score (nSPS) is 29.4. The molecule has 1 atom stereocenters.